The van der Waals surface area contributed by atoms with Crippen LogP contribution in [0.1, 0.15) is 25.0 Å². The molecule has 0 spiro atoms. The van der Waals surface area contributed by atoms with Crippen molar-refractivity contribution in [2.75, 3.05) is 25.5 Å². The lowest BCUT2D eigenvalue weighted by Gasteiger charge is -2.29. The smallest absolute Gasteiger partial charge is 0.337 e. The first kappa shape index (κ1) is 23.4. The molecule has 2 rings (SSSR count). The van der Waals surface area contributed by atoms with Gasteiger partial charge in [-0.3, -0.25) is 14.5 Å². The molecule has 0 heterocycles. The Bertz CT molecular complexity index is 856. The molecule has 2 aromatic carbocycles. The second-order valence-corrected chi connectivity index (χ2v) is 7.02. The number of nitrogens with zero attached hydrogens (tertiary/aromatic N) is 2. The molecular weight excluding hydrogens is 395 g/mol. The number of nitrogens with one attached hydrogen (secondary N) is 1. The van der Waals surface area contributed by atoms with Gasteiger partial charge in [-0.05, 0) is 38.6 Å². The SMILES string of the molecule is CCN(Cc1ccccc1)C(=O)[C@H](C)N(C)CC(=O)Nc1ccccc1C(F)(F)F. The van der Waals surface area contributed by atoms with Gasteiger partial charge in [-0.15, -0.1) is 0 Å². The molecule has 0 saturated carbocycles. The van der Waals surface area contributed by atoms with Crippen molar-refractivity contribution in [1.29, 1.82) is 0 Å². The van der Waals surface area contributed by atoms with Crippen LogP contribution in [0, 0.1) is 0 Å². The second kappa shape index (κ2) is 10.2. The number of amides is 2. The van der Waals surface area contributed by atoms with E-state index >= 15 is 0 Å². The summed E-state index contributed by atoms with van der Waals surface area (Å²) in [6.07, 6.45) is -4.57. The maximum absolute atomic E-state index is 13.1. The van der Waals surface area contributed by atoms with Crippen LogP contribution in [-0.2, 0) is 22.3 Å². The molecule has 0 unspecified atom stereocenters. The van der Waals surface area contributed by atoms with E-state index in [4.69, 9.17) is 0 Å². The highest BCUT2D eigenvalue weighted by Gasteiger charge is 2.33. The molecule has 30 heavy (non-hydrogen) atoms. The van der Waals surface area contributed by atoms with Crippen molar-refractivity contribution in [3.63, 3.8) is 0 Å². The number of carbonyl (C=O) groups excluding carboxylic acids is 2. The number of benzene rings is 2. The predicted molar refractivity (Wildman–Crippen MR) is 110 cm³/mol. The van der Waals surface area contributed by atoms with E-state index < -0.39 is 23.7 Å². The Morgan fingerprint density at radius 2 is 1.63 bits per heavy atom. The minimum absolute atomic E-state index is 0.160. The zero-order valence-corrected chi connectivity index (χ0v) is 17.2. The summed E-state index contributed by atoms with van der Waals surface area (Å²) in [6, 6.07) is 13.7. The molecule has 0 aliphatic heterocycles. The van der Waals surface area contributed by atoms with Gasteiger partial charge in [-0.1, -0.05) is 42.5 Å². The highest BCUT2D eigenvalue weighted by Crippen LogP contribution is 2.34. The molecule has 8 heteroatoms. The van der Waals surface area contributed by atoms with E-state index in [0.717, 1.165) is 11.6 Å². The Balaban J connectivity index is 2.00. The third-order valence-electron chi connectivity index (χ3n) is 4.83. The Morgan fingerprint density at radius 3 is 2.23 bits per heavy atom. The van der Waals surface area contributed by atoms with Crippen LogP contribution in [0.25, 0.3) is 0 Å². The van der Waals surface area contributed by atoms with Gasteiger partial charge in [0.2, 0.25) is 11.8 Å². The summed E-state index contributed by atoms with van der Waals surface area (Å²) in [7, 11) is 1.59. The number of hydrogen-bond acceptors (Lipinski definition) is 3. The standard InChI is InChI=1S/C22H26F3N3O2/c1-4-28(14-17-10-6-5-7-11-17)21(30)16(2)27(3)15-20(29)26-19-13-9-8-12-18(19)22(23,24)25/h5-13,16H,4,14-15H2,1-3H3,(H,26,29)/t16-/m0/s1. The molecule has 2 amide bonds. The Kier molecular flexibility index (Phi) is 8.00. The number of alkyl halides is 3. The lowest BCUT2D eigenvalue weighted by molar-refractivity contribution is -0.137. The zero-order valence-electron chi connectivity index (χ0n) is 17.2. The van der Waals surface area contributed by atoms with Crippen molar-refractivity contribution in [2.24, 2.45) is 0 Å². The molecule has 1 N–H and O–H groups in total. The molecule has 162 valence electrons. The van der Waals surface area contributed by atoms with Gasteiger partial charge in [0.25, 0.3) is 0 Å². The average Bonchev–Trinajstić information content (AvgIpc) is 2.71. The van der Waals surface area contributed by atoms with Crippen molar-refractivity contribution < 1.29 is 22.8 Å². The van der Waals surface area contributed by atoms with Gasteiger partial charge in [0, 0.05) is 13.1 Å². The van der Waals surface area contributed by atoms with E-state index in [1.165, 1.54) is 23.1 Å². The number of anilines is 1. The zero-order chi connectivity index (χ0) is 22.3. The van der Waals surface area contributed by atoms with Crippen LogP contribution in [0.4, 0.5) is 18.9 Å². The van der Waals surface area contributed by atoms with Gasteiger partial charge in [0.15, 0.2) is 0 Å². The summed E-state index contributed by atoms with van der Waals surface area (Å²) in [5.74, 6) is -0.785. The second-order valence-electron chi connectivity index (χ2n) is 7.02. The molecule has 0 bridgehead atoms. The number of likely N-dealkylation sites (N-methyl/N-ethyl adjacent to an activating group) is 2. The predicted octanol–water partition coefficient (Wildman–Crippen LogP) is 4.01. The normalized spacial score (nSPS) is 12.5. The third kappa shape index (κ3) is 6.32. The van der Waals surface area contributed by atoms with Crippen LogP contribution in [0.2, 0.25) is 0 Å². The van der Waals surface area contributed by atoms with Gasteiger partial charge < -0.3 is 10.2 Å². The summed E-state index contributed by atoms with van der Waals surface area (Å²) < 4.78 is 39.3. The van der Waals surface area contributed by atoms with Crippen molar-refractivity contribution in [3.8, 4) is 0 Å². The molecule has 0 aliphatic carbocycles. The van der Waals surface area contributed by atoms with Crippen LogP contribution in [-0.4, -0.2) is 47.8 Å². The van der Waals surface area contributed by atoms with Gasteiger partial charge in [-0.25, -0.2) is 0 Å². The number of rotatable bonds is 8. The monoisotopic (exact) mass is 421 g/mol. The maximum Gasteiger partial charge on any atom is 0.418 e. The van der Waals surface area contributed by atoms with Crippen molar-refractivity contribution >= 4 is 17.5 Å². The number of halogens is 3. The summed E-state index contributed by atoms with van der Waals surface area (Å²) >= 11 is 0. The fraction of sp³-hybridized carbons (Fsp3) is 0.364. The van der Waals surface area contributed by atoms with E-state index in [0.29, 0.717) is 13.1 Å². The molecule has 0 saturated heterocycles. The molecule has 2 aromatic rings. The van der Waals surface area contributed by atoms with Crippen molar-refractivity contribution in [3.05, 3.63) is 65.7 Å². The Labute approximate surface area is 174 Å². The lowest BCUT2D eigenvalue weighted by Crippen LogP contribution is -2.47. The Hall–Kier alpha value is -2.87. The minimum atomic E-state index is -4.57. The third-order valence-corrected chi connectivity index (χ3v) is 4.83. The van der Waals surface area contributed by atoms with Gasteiger partial charge in [0.05, 0.1) is 23.8 Å². The van der Waals surface area contributed by atoms with Crippen LogP contribution >= 0.6 is 0 Å². The van der Waals surface area contributed by atoms with Crippen LogP contribution in [0.5, 0.6) is 0 Å². The minimum Gasteiger partial charge on any atom is -0.337 e. The molecule has 5 nitrogen and oxygen atoms in total. The average molecular weight is 421 g/mol. The first-order valence-electron chi connectivity index (χ1n) is 9.62. The van der Waals surface area contributed by atoms with E-state index in [-0.39, 0.29) is 18.1 Å². The number of hydrogen-bond donors (Lipinski definition) is 1. The highest BCUT2D eigenvalue weighted by atomic mass is 19.4. The van der Waals surface area contributed by atoms with Crippen molar-refractivity contribution in [2.45, 2.75) is 32.6 Å². The topological polar surface area (TPSA) is 52.7 Å². The summed E-state index contributed by atoms with van der Waals surface area (Å²) in [5, 5.41) is 2.30. The van der Waals surface area contributed by atoms with E-state index in [1.54, 1.807) is 18.9 Å². The van der Waals surface area contributed by atoms with Crippen LogP contribution < -0.4 is 5.32 Å². The van der Waals surface area contributed by atoms with Crippen LogP contribution in [0.3, 0.4) is 0 Å². The fourth-order valence-corrected chi connectivity index (χ4v) is 2.99. The first-order valence-corrected chi connectivity index (χ1v) is 9.62. The summed E-state index contributed by atoms with van der Waals surface area (Å²) in [6.45, 7) is 4.26. The Morgan fingerprint density at radius 1 is 1.03 bits per heavy atom. The number of para-hydroxylation sites is 1. The maximum atomic E-state index is 13.1. The summed E-state index contributed by atoms with van der Waals surface area (Å²) in [5.41, 5.74) is -0.226. The molecule has 1 atom stereocenters. The largest absolute Gasteiger partial charge is 0.418 e. The molecule has 0 aliphatic rings. The number of carbonyl (C=O) groups is 2. The van der Waals surface area contributed by atoms with Crippen LogP contribution in [0.15, 0.2) is 54.6 Å². The van der Waals surface area contributed by atoms with Crippen molar-refractivity contribution in [1.82, 2.24) is 9.80 Å². The highest BCUT2D eigenvalue weighted by molar-refractivity contribution is 5.93. The van der Waals surface area contributed by atoms with Gasteiger partial charge in [0.1, 0.15) is 0 Å². The van der Waals surface area contributed by atoms with Gasteiger partial charge in [-0.2, -0.15) is 13.2 Å². The van der Waals surface area contributed by atoms with E-state index in [2.05, 4.69) is 5.32 Å². The molecule has 0 fully saturated rings. The first-order chi connectivity index (χ1) is 14.1. The van der Waals surface area contributed by atoms with Gasteiger partial charge >= 0.3 is 6.18 Å². The fourth-order valence-electron chi connectivity index (χ4n) is 2.99. The molecular formula is C22H26F3N3O2. The lowest BCUT2D eigenvalue weighted by atomic mass is 10.1. The molecule has 0 aromatic heterocycles. The quantitative estimate of drug-likeness (QED) is 0.701. The molecule has 0 radical (unpaired) electrons. The van der Waals surface area contributed by atoms with E-state index in [1.807, 2.05) is 37.3 Å². The van der Waals surface area contributed by atoms with E-state index in [9.17, 15) is 22.8 Å². The summed E-state index contributed by atoms with van der Waals surface area (Å²) in [4.78, 5) is 28.4.